The van der Waals surface area contributed by atoms with Gasteiger partial charge in [-0.1, -0.05) is 19.3 Å². The Bertz CT molecular complexity index is 284. The van der Waals surface area contributed by atoms with Gasteiger partial charge in [-0.25, -0.2) is 0 Å². The maximum absolute atomic E-state index is 12.2. The molecule has 4 heteroatoms. The Balaban J connectivity index is 1.71. The van der Waals surface area contributed by atoms with Gasteiger partial charge in [0.05, 0.1) is 12.6 Å². The number of hydrogen-bond acceptors (Lipinski definition) is 3. The monoisotopic (exact) mass is 268 g/mol. The molecule has 2 aliphatic rings. The molecule has 2 rings (SSSR count). The minimum Gasteiger partial charge on any atom is -0.392 e. The van der Waals surface area contributed by atoms with E-state index in [9.17, 15) is 9.90 Å². The number of amides is 1. The van der Waals surface area contributed by atoms with E-state index in [2.05, 4.69) is 0 Å². The fourth-order valence-electron chi connectivity index (χ4n) is 2.84. The lowest BCUT2D eigenvalue weighted by molar-refractivity contribution is -0.132. The smallest absolute Gasteiger partial charge is 0.236 e. The van der Waals surface area contributed by atoms with E-state index < -0.39 is 0 Å². The Kier molecular flexibility index (Phi) is 5.64. The van der Waals surface area contributed by atoms with Crippen LogP contribution in [-0.4, -0.2) is 60.1 Å². The molecule has 0 bridgehead atoms. The molecular weight excluding hydrogens is 240 g/mol. The van der Waals surface area contributed by atoms with Crippen molar-refractivity contribution in [2.24, 2.45) is 5.92 Å². The summed E-state index contributed by atoms with van der Waals surface area (Å²) in [6, 6.07) is 0. The highest BCUT2D eigenvalue weighted by molar-refractivity contribution is 5.78. The van der Waals surface area contributed by atoms with Crippen LogP contribution in [-0.2, 0) is 4.79 Å². The van der Waals surface area contributed by atoms with Crippen LogP contribution in [0, 0.1) is 5.92 Å². The van der Waals surface area contributed by atoms with Gasteiger partial charge in [0.2, 0.25) is 5.91 Å². The summed E-state index contributed by atoms with van der Waals surface area (Å²) in [6.45, 7) is 2.91. The summed E-state index contributed by atoms with van der Waals surface area (Å²) in [7, 11) is 1.94. The molecule has 1 amide bonds. The van der Waals surface area contributed by atoms with Crippen molar-refractivity contribution in [1.82, 2.24) is 9.80 Å². The number of aliphatic hydroxyl groups is 1. The van der Waals surface area contributed by atoms with E-state index in [1.54, 1.807) is 0 Å². The van der Waals surface area contributed by atoms with Gasteiger partial charge in [-0.2, -0.15) is 0 Å². The Hall–Kier alpha value is -0.610. The molecule has 0 aromatic rings. The number of likely N-dealkylation sites (N-methyl/N-ethyl adjacent to an activating group) is 1. The van der Waals surface area contributed by atoms with Crippen molar-refractivity contribution in [3.8, 4) is 0 Å². The summed E-state index contributed by atoms with van der Waals surface area (Å²) in [5, 5.41) is 9.90. The highest BCUT2D eigenvalue weighted by Gasteiger charge is 2.30. The van der Waals surface area contributed by atoms with Crippen molar-refractivity contribution in [1.29, 1.82) is 0 Å². The van der Waals surface area contributed by atoms with E-state index in [4.69, 9.17) is 0 Å². The minimum absolute atomic E-state index is 0.229. The number of likely N-dealkylation sites (tertiary alicyclic amines) is 1. The van der Waals surface area contributed by atoms with Gasteiger partial charge in [0.1, 0.15) is 0 Å². The third kappa shape index (κ3) is 5.11. The van der Waals surface area contributed by atoms with E-state index in [1.165, 1.54) is 19.3 Å². The van der Waals surface area contributed by atoms with Crippen LogP contribution in [0.1, 0.15) is 44.9 Å². The molecule has 2 fully saturated rings. The standard InChI is InChI=1S/C15H28N2O2/c1-16(11-14(18)13-7-8-13)12-15(19)17-9-5-3-2-4-6-10-17/h13-14,18H,2-12H2,1H3/t14-/m0/s1. The second kappa shape index (κ2) is 7.25. The van der Waals surface area contributed by atoms with E-state index in [1.807, 2.05) is 16.8 Å². The molecule has 0 aromatic heterocycles. The molecule has 4 nitrogen and oxygen atoms in total. The third-order valence-corrected chi connectivity index (χ3v) is 4.28. The molecule has 1 atom stereocenters. The summed E-state index contributed by atoms with van der Waals surface area (Å²) in [4.78, 5) is 16.2. The topological polar surface area (TPSA) is 43.8 Å². The summed E-state index contributed by atoms with van der Waals surface area (Å²) < 4.78 is 0. The minimum atomic E-state index is -0.245. The number of aliphatic hydroxyl groups excluding tert-OH is 1. The van der Waals surface area contributed by atoms with Crippen LogP contribution in [0.3, 0.4) is 0 Å². The molecule has 1 N–H and O–H groups in total. The second-order valence-electron chi connectivity index (χ2n) is 6.25. The van der Waals surface area contributed by atoms with Crippen molar-refractivity contribution in [2.75, 3.05) is 33.2 Å². The fraction of sp³-hybridized carbons (Fsp3) is 0.933. The maximum atomic E-state index is 12.2. The Labute approximate surface area is 116 Å². The van der Waals surface area contributed by atoms with Crippen molar-refractivity contribution >= 4 is 5.91 Å². The third-order valence-electron chi connectivity index (χ3n) is 4.28. The summed E-state index contributed by atoms with van der Waals surface area (Å²) >= 11 is 0. The van der Waals surface area contributed by atoms with Gasteiger partial charge in [-0.05, 0) is 38.6 Å². The molecule has 1 aliphatic heterocycles. The van der Waals surface area contributed by atoms with Crippen molar-refractivity contribution in [2.45, 2.75) is 51.0 Å². The summed E-state index contributed by atoms with van der Waals surface area (Å²) in [6.07, 6.45) is 8.14. The van der Waals surface area contributed by atoms with Crippen LogP contribution in [0.25, 0.3) is 0 Å². The first kappa shape index (κ1) is 14.8. The molecule has 1 saturated carbocycles. The average molecular weight is 268 g/mol. The SMILES string of the molecule is CN(CC(=O)N1CCCCCCC1)C[C@H](O)C1CC1. The number of carbonyl (C=O) groups excluding carboxylic acids is 1. The van der Waals surface area contributed by atoms with Crippen molar-refractivity contribution < 1.29 is 9.90 Å². The predicted octanol–water partition coefficient (Wildman–Crippen LogP) is 1.48. The van der Waals surface area contributed by atoms with E-state index >= 15 is 0 Å². The first-order chi connectivity index (χ1) is 9.16. The Morgan fingerprint density at radius 1 is 1.21 bits per heavy atom. The molecule has 0 radical (unpaired) electrons. The van der Waals surface area contributed by atoms with E-state index in [0.29, 0.717) is 19.0 Å². The van der Waals surface area contributed by atoms with Gasteiger partial charge in [0.15, 0.2) is 0 Å². The van der Waals surface area contributed by atoms with Crippen LogP contribution >= 0.6 is 0 Å². The Morgan fingerprint density at radius 3 is 2.37 bits per heavy atom. The number of hydrogen-bond donors (Lipinski definition) is 1. The molecule has 1 heterocycles. The number of carbonyl (C=O) groups is 1. The molecule has 0 spiro atoms. The van der Waals surface area contributed by atoms with E-state index in [0.717, 1.165) is 38.8 Å². The van der Waals surface area contributed by atoms with Crippen LogP contribution < -0.4 is 0 Å². The lowest BCUT2D eigenvalue weighted by atomic mass is 10.1. The van der Waals surface area contributed by atoms with Gasteiger partial charge in [-0.15, -0.1) is 0 Å². The van der Waals surface area contributed by atoms with Crippen molar-refractivity contribution in [3.05, 3.63) is 0 Å². The second-order valence-corrected chi connectivity index (χ2v) is 6.25. The molecule has 1 aliphatic carbocycles. The lowest BCUT2D eigenvalue weighted by Gasteiger charge is -2.27. The molecule has 0 unspecified atom stereocenters. The summed E-state index contributed by atoms with van der Waals surface area (Å²) in [5.41, 5.74) is 0. The zero-order valence-electron chi connectivity index (χ0n) is 12.2. The molecule has 0 aromatic carbocycles. The predicted molar refractivity (Wildman–Crippen MR) is 75.9 cm³/mol. The molecule has 1 saturated heterocycles. The largest absolute Gasteiger partial charge is 0.392 e. The highest BCUT2D eigenvalue weighted by Crippen LogP contribution is 2.32. The van der Waals surface area contributed by atoms with Gasteiger partial charge in [0.25, 0.3) is 0 Å². The van der Waals surface area contributed by atoms with Gasteiger partial charge in [0, 0.05) is 19.6 Å². The van der Waals surface area contributed by atoms with Crippen LogP contribution in [0.5, 0.6) is 0 Å². The van der Waals surface area contributed by atoms with Crippen LogP contribution in [0.4, 0.5) is 0 Å². The normalized spacial score (nSPS) is 23.0. The lowest BCUT2D eigenvalue weighted by Crippen LogP contribution is -2.42. The first-order valence-electron chi connectivity index (χ1n) is 7.81. The van der Waals surface area contributed by atoms with Gasteiger partial charge < -0.3 is 10.0 Å². The average Bonchev–Trinajstić information content (AvgIpc) is 3.11. The Morgan fingerprint density at radius 2 is 1.79 bits per heavy atom. The van der Waals surface area contributed by atoms with Crippen molar-refractivity contribution in [3.63, 3.8) is 0 Å². The highest BCUT2D eigenvalue weighted by atomic mass is 16.3. The van der Waals surface area contributed by atoms with Crippen LogP contribution in [0.15, 0.2) is 0 Å². The quantitative estimate of drug-likeness (QED) is 0.821. The molecule has 110 valence electrons. The number of rotatable bonds is 5. The zero-order chi connectivity index (χ0) is 13.7. The number of nitrogens with zero attached hydrogens (tertiary/aromatic N) is 2. The fourth-order valence-corrected chi connectivity index (χ4v) is 2.84. The van der Waals surface area contributed by atoms with Gasteiger partial charge in [-0.3, -0.25) is 9.69 Å². The zero-order valence-corrected chi connectivity index (χ0v) is 12.2. The van der Waals surface area contributed by atoms with Crippen LogP contribution in [0.2, 0.25) is 0 Å². The first-order valence-corrected chi connectivity index (χ1v) is 7.81. The van der Waals surface area contributed by atoms with E-state index in [-0.39, 0.29) is 12.0 Å². The molecular formula is C15H28N2O2. The summed E-state index contributed by atoms with van der Waals surface area (Å²) in [5.74, 6) is 0.714. The van der Waals surface area contributed by atoms with Gasteiger partial charge >= 0.3 is 0 Å². The maximum Gasteiger partial charge on any atom is 0.236 e. The molecule has 19 heavy (non-hydrogen) atoms.